The van der Waals surface area contributed by atoms with Crippen molar-refractivity contribution in [3.63, 3.8) is 0 Å². The number of carbonyl (C=O) groups is 1. The molecule has 1 aromatic heterocycles. The molecule has 2 aliphatic heterocycles. The van der Waals surface area contributed by atoms with E-state index in [-0.39, 0.29) is 23.3 Å². The van der Waals surface area contributed by atoms with Gasteiger partial charge in [-0.15, -0.1) is 11.8 Å². The number of rotatable bonds is 8. The zero-order valence-electron chi connectivity index (χ0n) is 17.1. The molecule has 8 heteroatoms. The molecule has 2 aliphatic rings. The Kier molecular flexibility index (Phi) is 7.17. The van der Waals surface area contributed by atoms with E-state index in [1.54, 1.807) is 16.3 Å². The van der Waals surface area contributed by atoms with Gasteiger partial charge in [0.05, 0.1) is 22.4 Å². The number of hydrogen-bond acceptors (Lipinski definition) is 6. The molecule has 0 aliphatic carbocycles. The second-order valence-corrected chi connectivity index (χ2v) is 10.1. The Morgan fingerprint density at radius 2 is 2.20 bits per heavy atom. The van der Waals surface area contributed by atoms with Gasteiger partial charge in [-0.1, -0.05) is 49.0 Å². The first kappa shape index (κ1) is 21.5. The zero-order chi connectivity index (χ0) is 20.9. The Morgan fingerprint density at radius 1 is 1.37 bits per heavy atom. The fraction of sp³-hybridized carbons (Fsp3) is 0.500. The number of nitrogens with zero attached hydrogens (tertiary/aromatic N) is 2. The molecular weight excluding hydrogens is 418 g/mol. The molecule has 2 atom stereocenters. The van der Waals surface area contributed by atoms with Crippen LogP contribution in [-0.4, -0.2) is 45.7 Å². The molecule has 0 saturated carbocycles. The maximum absolute atomic E-state index is 13.2. The highest BCUT2D eigenvalue weighted by Gasteiger charge is 2.26. The first-order chi connectivity index (χ1) is 14.6. The van der Waals surface area contributed by atoms with Gasteiger partial charge >= 0.3 is 0 Å². The van der Waals surface area contributed by atoms with Crippen LogP contribution in [0, 0.1) is 0 Å². The molecule has 3 heterocycles. The van der Waals surface area contributed by atoms with Crippen LogP contribution in [0.2, 0.25) is 0 Å². The second kappa shape index (κ2) is 10.0. The second-order valence-electron chi connectivity index (χ2n) is 7.72. The highest BCUT2D eigenvalue weighted by molar-refractivity contribution is 8.00. The van der Waals surface area contributed by atoms with Crippen LogP contribution in [0.1, 0.15) is 31.0 Å². The van der Waals surface area contributed by atoms with E-state index in [0.29, 0.717) is 23.5 Å². The Labute approximate surface area is 185 Å². The van der Waals surface area contributed by atoms with E-state index in [9.17, 15) is 9.59 Å². The molecule has 1 amide bonds. The third-order valence-corrected chi connectivity index (χ3v) is 7.50. The minimum absolute atomic E-state index is 0.0209. The third kappa shape index (κ3) is 5.28. The van der Waals surface area contributed by atoms with Gasteiger partial charge in [-0.2, -0.15) is 0 Å². The van der Waals surface area contributed by atoms with Gasteiger partial charge in [0.15, 0.2) is 5.16 Å². The summed E-state index contributed by atoms with van der Waals surface area (Å²) in [7, 11) is 0. The molecule has 4 rings (SSSR count). The molecule has 160 valence electrons. The van der Waals surface area contributed by atoms with Crippen molar-refractivity contribution >= 4 is 29.4 Å². The minimum Gasteiger partial charge on any atom is -0.376 e. The van der Waals surface area contributed by atoms with Gasteiger partial charge in [0, 0.05) is 31.4 Å². The molecule has 0 bridgehead atoms. The lowest BCUT2D eigenvalue weighted by Gasteiger charge is -2.14. The van der Waals surface area contributed by atoms with Gasteiger partial charge in [-0.3, -0.25) is 14.2 Å². The third-order valence-electron chi connectivity index (χ3n) is 5.31. The van der Waals surface area contributed by atoms with Crippen molar-refractivity contribution in [2.75, 3.05) is 18.9 Å². The van der Waals surface area contributed by atoms with Crippen molar-refractivity contribution in [3.05, 3.63) is 51.9 Å². The highest BCUT2D eigenvalue weighted by atomic mass is 32.2. The number of benzene rings is 1. The monoisotopic (exact) mass is 445 g/mol. The Balaban J connectivity index is 1.46. The molecular formula is C22H27N3O3S2. The first-order valence-corrected chi connectivity index (χ1v) is 12.3. The predicted octanol–water partition coefficient (Wildman–Crippen LogP) is 2.91. The lowest BCUT2D eigenvalue weighted by atomic mass is 10.1. The number of amides is 1. The summed E-state index contributed by atoms with van der Waals surface area (Å²) >= 11 is 2.95. The van der Waals surface area contributed by atoms with E-state index in [2.05, 4.69) is 24.4 Å². The number of ether oxygens (including phenoxy) is 1. The van der Waals surface area contributed by atoms with Crippen LogP contribution in [0.4, 0.5) is 0 Å². The van der Waals surface area contributed by atoms with Crippen molar-refractivity contribution in [2.24, 2.45) is 0 Å². The summed E-state index contributed by atoms with van der Waals surface area (Å²) < 4.78 is 7.30. The number of nitrogens with one attached hydrogen (secondary N) is 1. The van der Waals surface area contributed by atoms with Gasteiger partial charge in [0.1, 0.15) is 0 Å². The Bertz CT molecular complexity index is 943. The summed E-state index contributed by atoms with van der Waals surface area (Å²) in [5, 5.41) is 3.94. The topological polar surface area (TPSA) is 73.2 Å². The van der Waals surface area contributed by atoms with Crippen molar-refractivity contribution in [3.8, 4) is 0 Å². The van der Waals surface area contributed by atoms with Crippen molar-refractivity contribution < 1.29 is 9.53 Å². The molecule has 1 N–H and O–H groups in total. The molecule has 2 aromatic rings. The molecule has 1 aromatic carbocycles. The van der Waals surface area contributed by atoms with Crippen LogP contribution >= 0.6 is 23.5 Å². The lowest BCUT2D eigenvalue weighted by molar-refractivity contribution is -0.119. The van der Waals surface area contributed by atoms with Gasteiger partial charge in [0.2, 0.25) is 5.91 Å². The largest absolute Gasteiger partial charge is 0.376 e. The normalized spacial score (nSPS) is 20.3. The van der Waals surface area contributed by atoms with Crippen LogP contribution in [-0.2, 0) is 28.9 Å². The lowest BCUT2D eigenvalue weighted by Crippen LogP contribution is -2.33. The number of aromatic nitrogens is 2. The maximum Gasteiger partial charge on any atom is 0.268 e. The average molecular weight is 446 g/mol. The molecule has 30 heavy (non-hydrogen) atoms. The van der Waals surface area contributed by atoms with Gasteiger partial charge in [-0.25, -0.2) is 4.98 Å². The standard InChI is InChI=1S/C22H27N3O3S2/c1-15-12-18-20(30-15)21(27)25(10-9-16-6-3-2-4-7-16)22(24-18)29-14-19(26)23-13-17-8-5-11-28-17/h2-4,6-7,15,17H,5,8-14H2,1H3,(H,23,26)/t15-,17-/m1/s1. The smallest absolute Gasteiger partial charge is 0.268 e. The van der Waals surface area contributed by atoms with E-state index < -0.39 is 0 Å². The van der Waals surface area contributed by atoms with Crippen LogP contribution < -0.4 is 10.9 Å². The molecule has 6 nitrogen and oxygen atoms in total. The zero-order valence-corrected chi connectivity index (χ0v) is 18.8. The van der Waals surface area contributed by atoms with Crippen molar-refractivity contribution in [2.45, 2.75) is 60.6 Å². The average Bonchev–Trinajstić information content (AvgIpc) is 3.40. The van der Waals surface area contributed by atoms with Gasteiger partial charge in [0.25, 0.3) is 5.56 Å². The molecule has 0 radical (unpaired) electrons. The van der Waals surface area contributed by atoms with E-state index >= 15 is 0 Å². The van der Waals surface area contributed by atoms with E-state index in [1.807, 2.05) is 18.2 Å². The number of thioether (sulfide) groups is 2. The fourth-order valence-corrected chi connectivity index (χ4v) is 5.73. The van der Waals surface area contributed by atoms with Crippen LogP contribution in [0.25, 0.3) is 0 Å². The first-order valence-electron chi connectivity index (χ1n) is 10.5. The van der Waals surface area contributed by atoms with E-state index in [4.69, 9.17) is 9.72 Å². The summed E-state index contributed by atoms with van der Waals surface area (Å²) in [5.74, 6) is 0.189. The van der Waals surface area contributed by atoms with E-state index in [1.165, 1.54) is 17.3 Å². The quantitative estimate of drug-likeness (QED) is 0.498. The molecule has 1 saturated heterocycles. The summed E-state index contributed by atoms with van der Waals surface area (Å²) in [5.41, 5.74) is 2.07. The highest BCUT2D eigenvalue weighted by Crippen LogP contribution is 2.34. The number of hydrogen-bond donors (Lipinski definition) is 1. The van der Waals surface area contributed by atoms with E-state index in [0.717, 1.165) is 42.9 Å². The summed E-state index contributed by atoms with van der Waals surface area (Å²) in [4.78, 5) is 31.0. The molecule has 0 unspecified atom stereocenters. The van der Waals surface area contributed by atoms with Crippen LogP contribution in [0.5, 0.6) is 0 Å². The van der Waals surface area contributed by atoms with Gasteiger partial charge < -0.3 is 10.1 Å². The number of carbonyl (C=O) groups excluding carboxylic acids is 1. The van der Waals surface area contributed by atoms with Crippen molar-refractivity contribution in [1.29, 1.82) is 0 Å². The van der Waals surface area contributed by atoms with Gasteiger partial charge in [-0.05, 0) is 24.8 Å². The summed E-state index contributed by atoms with van der Waals surface area (Å²) in [6.07, 6.45) is 3.72. The number of fused-ring (bicyclic) bond motifs is 1. The fourth-order valence-electron chi connectivity index (χ4n) is 3.74. The molecule has 0 spiro atoms. The number of aryl methyl sites for hydroxylation is 1. The minimum atomic E-state index is -0.0531. The molecule has 1 fully saturated rings. The van der Waals surface area contributed by atoms with Crippen LogP contribution in [0.15, 0.2) is 45.2 Å². The Hall–Kier alpha value is -1.77. The maximum atomic E-state index is 13.2. The van der Waals surface area contributed by atoms with Crippen molar-refractivity contribution in [1.82, 2.24) is 14.9 Å². The van der Waals surface area contributed by atoms with Crippen LogP contribution in [0.3, 0.4) is 0 Å². The summed E-state index contributed by atoms with van der Waals surface area (Å²) in [6.45, 7) is 3.99. The summed E-state index contributed by atoms with van der Waals surface area (Å²) in [6, 6.07) is 10.1. The Morgan fingerprint density at radius 3 is 2.97 bits per heavy atom. The predicted molar refractivity (Wildman–Crippen MR) is 120 cm³/mol. The SMILES string of the molecule is C[C@@H]1Cc2nc(SCC(=O)NC[C@H]3CCCO3)n(CCc3ccccc3)c(=O)c2S1.